The Labute approximate surface area is 215 Å². The maximum Gasteiger partial charge on any atom is 0.416 e. The third-order valence-corrected chi connectivity index (χ3v) is 6.16. The molecule has 0 aliphatic carbocycles. The molecule has 0 bridgehead atoms. The van der Waals surface area contributed by atoms with Gasteiger partial charge >= 0.3 is 11.9 Å². The number of nitro benzene ring substituents is 2. The second-order valence-electron chi connectivity index (χ2n) is 7.77. The van der Waals surface area contributed by atoms with E-state index in [1.807, 2.05) is 0 Å². The number of halogens is 3. The normalized spacial score (nSPS) is 14.7. The molecular weight excluding hydrogens is 531 g/mol. The Balaban J connectivity index is 1.57. The van der Waals surface area contributed by atoms with Crippen LogP contribution in [0.15, 0.2) is 71.6 Å². The van der Waals surface area contributed by atoms with Gasteiger partial charge in [-0.2, -0.15) is 13.2 Å². The average molecular weight is 545 g/mol. The van der Waals surface area contributed by atoms with Crippen molar-refractivity contribution in [2.75, 3.05) is 0 Å². The van der Waals surface area contributed by atoms with Crippen molar-refractivity contribution in [3.05, 3.63) is 109 Å². The van der Waals surface area contributed by atoms with Crippen LogP contribution in [0.3, 0.4) is 0 Å². The molecule has 0 atom stereocenters. The van der Waals surface area contributed by atoms with Crippen LogP contribution in [0.4, 0.5) is 29.3 Å². The quantitative estimate of drug-likeness (QED) is 0.185. The zero-order chi connectivity index (χ0) is 27.6. The molecule has 38 heavy (non-hydrogen) atoms. The number of benzene rings is 3. The van der Waals surface area contributed by atoms with Crippen molar-refractivity contribution in [2.24, 2.45) is 0 Å². The summed E-state index contributed by atoms with van der Waals surface area (Å²) in [6.45, 7) is -0.306. The number of hydrogen-bond donors (Lipinski definition) is 0. The molecule has 1 aliphatic heterocycles. The van der Waals surface area contributed by atoms with Crippen molar-refractivity contribution in [2.45, 2.75) is 12.7 Å². The largest absolute Gasteiger partial charge is 0.450 e. The summed E-state index contributed by atoms with van der Waals surface area (Å²) < 4.78 is 44.3. The van der Waals surface area contributed by atoms with Gasteiger partial charge in [-0.25, -0.2) is 0 Å². The molecule has 0 aromatic heterocycles. The summed E-state index contributed by atoms with van der Waals surface area (Å²) in [4.78, 5) is 47.2. The molecule has 1 heterocycles. The maximum atomic E-state index is 12.9. The van der Waals surface area contributed by atoms with Crippen molar-refractivity contribution in [3.63, 3.8) is 0 Å². The maximum absolute atomic E-state index is 12.9. The molecule has 0 saturated carbocycles. The molecule has 1 saturated heterocycles. The fraction of sp³-hybridized carbons (Fsp3) is 0.0833. The Bertz CT molecular complexity index is 1510. The van der Waals surface area contributed by atoms with Gasteiger partial charge in [-0.1, -0.05) is 30.3 Å². The molecule has 0 spiro atoms. The number of amides is 2. The van der Waals surface area contributed by atoms with E-state index < -0.39 is 44.2 Å². The molecule has 4 rings (SSSR count). The number of nitrogens with zero attached hydrogens (tertiary/aromatic N) is 3. The molecule has 2 amide bonds. The lowest BCUT2D eigenvalue weighted by Crippen LogP contribution is -2.27. The molecule has 0 unspecified atom stereocenters. The number of carbonyl (C=O) groups is 2. The van der Waals surface area contributed by atoms with Crippen LogP contribution in [0.1, 0.15) is 16.7 Å². The highest BCUT2D eigenvalue weighted by atomic mass is 32.2. The fourth-order valence-electron chi connectivity index (χ4n) is 3.50. The lowest BCUT2D eigenvalue weighted by molar-refractivity contribution is -0.385. The van der Waals surface area contributed by atoms with Gasteiger partial charge in [0.25, 0.3) is 16.8 Å². The van der Waals surface area contributed by atoms with Gasteiger partial charge in [0, 0.05) is 17.7 Å². The summed E-state index contributed by atoms with van der Waals surface area (Å²) >= 11 is 0.622. The first-order valence-corrected chi connectivity index (χ1v) is 11.4. The third-order valence-electron chi connectivity index (χ3n) is 5.26. The Morgan fingerprint density at radius 1 is 0.921 bits per heavy atom. The van der Waals surface area contributed by atoms with Crippen LogP contribution in [0.25, 0.3) is 6.08 Å². The summed E-state index contributed by atoms with van der Waals surface area (Å²) in [7, 11) is 0. The highest BCUT2D eigenvalue weighted by Crippen LogP contribution is 2.39. The van der Waals surface area contributed by atoms with Crippen LogP contribution in [0.2, 0.25) is 0 Å². The minimum atomic E-state index is -4.78. The van der Waals surface area contributed by atoms with E-state index in [0.717, 1.165) is 11.0 Å². The van der Waals surface area contributed by atoms with Crippen LogP contribution in [0.5, 0.6) is 11.5 Å². The predicted octanol–water partition coefficient (Wildman–Crippen LogP) is 6.55. The van der Waals surface area contributed by atoms with E-state index in [2.05, 4.69) is 0 Å². The number of carbonyl (C=O) groups excluding carboxylic acids is 2. The van der Waals surface area contributed by atoms with E-state index in [4.69, 9.17) is 4.74 Å². The summed E-state index contributed by atoms with van der Waals surface area (Å²) in [6, 6.07) is 13.4. The fourth-order valence-corrected chi connectivity index (χ4v) is 4.34. The van der Waals surface area contributed by atoms with Crippen LogP contribution < -0.4 is 4.74 Å². The molecular formula is C24H14F3N3O7S. The van der Waals surface area contributed by atoms with E-state index in [1.54, 1.807) is 12.1 Å². The molecule has 0 N–H and O–H groups in total. The molecule has 3 aromatic carbocycles. The number of ether oxygens (including phenoxy) is 1. The zero-order valence-corrected chi connectivity index (χ0v) is 19.7. The van der Waals surface area contributed by atoms with Gasteiger partial charge < -0.3 is 4.74 Å². The van der Waals surface area contributed by atoms with Gasteiger partial charge in [0.1, 0.15) is 5.75 Å². The SMILES string of the molecule is O=C1S/C(=C/c2cccc(Oc3ccc(C(F)(F)F)cc3[N+](=O)[O-])c2)C(=O)N1Cc1ccccc1[N+](=O)[O-]. The average Bonchev–Trinajstić information content (AvgIpc) is 3.11. The van der Waals surface area contributed by atoms with Gasteiger partial charge in [-0.15, -0.1) is 0 Å². The van der Waals surface area contributed by atoms with Crippen molar-refractivity contribution >= 4 is 40.4 Å². The van der Waals surface area contributed by atoms with Crippen molar-refractivity contribution < 1.29 is 37.3 Å². The smallest absolute Gasteiger partial charge is 0.416 e. The van der Waals surface area contributed by atoms with Gasteiger partial charge in [0.05, 0.1) is 26.9 Å². The Morgan fingerprint density at radius 3 is 2.32 bits per heavy atom. The van der Waals surface area contributed by atoms with Crippen LogP contribution in [-0.2, 0) is 17.5 Å². The third kappa shape index (κ3) is 5.64. The standard InChI is InChI=1S/C24H14F3N3O7S/c25-24(26,27)16-8-9-20(19(12-16)30(35)36)37-17-6-3-4-14(10-17)11-21-22(31)28(23(32)38-21)13-15-5-1-2-7-18(15)29(33)34/h1-12H,13H2/b21-11+. The number of nitro groups is 2. The summed E-state index contributed by atoms with van der Waals surface area (Å²) in [5.41, 5.74) is -1.80. The lowest BCUT2D eigenvalue weighted by Gasteiger charge is -2.12. The molecule has 14 heteroatoms. The lowest BCUT2D eigenvalue weighted by atomic mass is 10.1. The highest BCUT2D eigenvalue weighted by molar-refractivity contribution is 8.18. The monoisotopic (exact) mass is 545 g/mol. The summed E-state index contributed by atoms with van der Waals surface area (Å²) in [5.74, 6) is -1.08. The molecule has 194 valence electrons. The van der Waals surface area contributed by atoms with E-state index in [9.17, 15) is 43.0 Å². The Morgan fingerprint density at radius 2 is 1.63 bits per heavy atom. The first-order chi connectivity index (χ1) is 17.9. The number of hydrogen-bond acceptors (Lipinski definition) is 8. The second-order valence-corrected chi connectivity index (χ2v) is 8.76. The Hall–Kier alpha value is -4.72. The van der Waals surface area contributed by atoms with Gasteiger partial charge in [-0.05, 0) is 47.7 Å². The minimum Gasteiger partial charge on any atom is -0.450 e. The van der Waals surface area contributed by atoms with Crippen molar-refractivity contribution in [3.8, 4) is 11.5 Å². The van der Waals surface area contributed by atoms with Crippen LogP contribution in [0, 0.1) is 20.2 Å². The number of thioether (sulfide) groups is 1. The predicted molar refractivity (Wildman–Crippen MR) is 129 cm³/mol. The second kappa shape index (κ2) is 10.3. The summed E-state index contributed by atoms with van der Waals surface area (Å²) in [6.07, 6.45) is -3.42. The van der Waals surface area contributed by atoms with Gasteiger partial charge in [0.15, 0.2) is 0 Å². The van der Waals surface area contributed by atoms with Gasteiger partial charge in [0.2, 0.25) is 5.75 Å². The zero-order valence-electron chi connectivity index (χ0n) is 18.9. The first-order valence-electron chi connectivity index (χ1n) is 10.6. The number of para-hydroxylation sites is 1. The van der Waals surface area contributed by atoms with E-state index >= 15 is 0 Å². The van der Waals surface area contributed by atoms with Crippen molar-refractivity contribution in [1.29, 1.82) is 0 Å². The van der Waals surface area contributed by atoms with Crippen molar-refractivity contribution in [1.82, 2.24) is 4.90 Å². The van der Waals surface area contributed by atoms with E-state index in [0.29, 0.717) is 29.5 Å². The molecule has 0 radical (unpaired) electrons. The number of rotatable bonds is 7. The Kier molecular flexibility index (Phi) is 7.17. The van der Waals surface area contributed by atoms with Gasteiger partial charge in [-0.3, -0.25) is 34.7 Å². The molecule has 1 fully saturated rings. The summed E-state index contributed by atoms with van der Waals surface area (Å²) in [5, 5.41) is 21.9. The number of imide groups is 1. The van der Waals surface area contributed by atoms with Crippen LogP contribution >= 0.6 is 11.8 Å². The minimum absolute atomic E-state index is 0.0197. The highest BCUT2D eigenvalue weighted by Gasteiger charge is 2.36. The first kappa shape index (κ1) is 26.3. The molecule has 10 nitrogen and oxygen atoms in total. The van der Waals surface area contributed by atoms with Crippen LogP contribution in [-0.4, -0.2) is 25.9 Å². The molecule has 1 aliphatic rings. The topological polar surface area (TPSA) is 133 Å². The molecule has 3 aromatic rings. The van der Waals surface area contributed by atoms with E-state index in [1.165, 1.54) is 42.5 Å². The van der Waals surface area contributed by atoms with E-state index in [-0.39, 0.29) is 28.5 Å². The number of alkyl halides is 3.